The minimum Gasteiger partial charge on any atom is -0.493 e. The van der Waals surface area contributed by atoms with Gasteiger partial charge in [-0.3, -0.25) is 4.99 Å². The highest BCUT2D eigenvalue weighted by Crippen LogP contribution is 2.33. The van der Waals surface area contributed by atoms with Gasteiger partial charge in [-0.25, -0.2) is 4.79 Å². The molecule has 142 valence electrons. The van der Waals surface area contributed by atoms with E-state index in [1.165, 1.54) is 7.11 Å². The van der Waals surface area contributed by atoms with Gasteiger partial charge in [0.25, 0.3) is 0 Å². The van der Waals surface area contributed by atoms with Crippen LogP contribution in [0.25, 0.3) is 10.8 Å². The normalized spacial score (nSPS) is 10.9. The number of fused-ring (bicyclic) bond motifs is 1. The standard InChI is InChI=1S/C23H21NO4/c1-3-6-19-11-16(12-21(27-2)23(19)28-15-22(25)26)14-24-20-10-9-17-7-4-5-8-18(17)13-20/h3-5,7-14H,1,6,15H2,2H3,(H,25,26). The van der Waals surface area contributed by atoms with Crippen molar-refractivity contribution in [2.24, 2.45) is 4.99 Å². The number of nitrogens with zero attached hydrogens (tertiary/aromatic N) is 1. The number of carbonyl (C=O) groups is 1. The van der Waals surface area contributed by atoms with Crippen molar-refractivity contribution < 1.29 is 19.4 Å². The summed E-state index contributed by atoms with van der Waals surface area (Å²) in [6, 6.07) is 17.8. The number of hydrogen-bond acceptors (Lipinski definition) is 4. The second-order valence-electron chi connectivity index (χ2n) is 6.18. The highest BCUT2D eigenvalue weighted by Gasteiger charge is 2.13. The third-order valence-corrected chi connectivity index (χ3v) is 4.17. The van der Waals surface area contributed by atoms with Crippen molar-refractivity contribution in [3.63, 3.8) is 0 Å². The van der Waals surface area contributed by atoms with E-state index < -0.39 is 12.6 Å². The van der Waals surface area contributed by atoms with E-state index >= 15 is 0 Å². The highest BCUT2D eigenvalue weighted by atomic mass is 16.5. The Morgan fingerprint density at radius 2 is 1.93 bits per heavy atom. The third kappa shape index (κ3) is 4.57. The van der Waals surface area contributed by atoms with E-state index in [1.54, 1.807) is 18.4 Å². The van der Waals surface area contributed by atoms with E-state index in [4.69, 9.17) is 14.6 Å². The lowest BCUT2D eigenvalue weighted by atomic mass is 10.1. The Kier molecular flexibility index (Phi) is 6.07. The van der Waals surface area contributed by atoms with Crippen LogP contribution in [0.4, 0.5) is 5.69 Å². The summed E-state index contributed by atoms with van der Waals surface area (Å²) in [5.74, 6) is -0.179. The number of benzene rings is 3. The van der Waals surface area contributed by atoms with Crippen LogP contribution in [0.5, 0.6) is 11.5 Å². The summed E-state index contributed by atoms with van der Waals surface area (Å²) in [5, 5.41) is 11.2. The fourth-order valence-corrected chi connectivity index (χ4v) is 2.92. The van der Waals surface area contributed by atoms with Gasteiger partial charge in [-0.05, 0) is 47.0 Å². The van der Waals surface area contributed by atoms with Gasteiger partial charge < -0.3 is 14.6 Å². The van der Waals surface area contributed by atoms with Gasteiger partial charge in [0.15, 0.2) is 18.1 Å². The van der Waals surface area contributed by atoms with Crippen molar-refractivity contribution in [2.45, 2.75) is 6.42 Å². The quantitative estimate of drug-likeness (QED) is 0.454. The van der Waals surface area contributed by atoms with Crippen LogP contribution in [0.2, 0.25) is 0 Å². The molecular weight excluding hydrogens is 354 g/mol. The van der Waals surface area contributed by atoms with Gasteiger partial charge >= 0.3 is 5.97 Å². The molecule has 28 heavy (non-hydrogen) atoms. The first-order chi connectivity index (χ1) is 13.6. The number of ether oxygens (including phenoxy) is 2. The number of allylic oxidation sites excluding steroid dienone is 1. The first-order valence-corrected chi connectivity index (χ1v) is 8.80. The average molecular weight is 375 g/mol. The average Bonchev–Trinajstić information content (AvgIpc) is 2.71. The van der Waals surface area contributed by atoms with Gasteiger partial charge in [0.05, 0.1) is 12.8 Å². The molecule has 0 atom stereocenters. The zero-order chi connectivity index (χ0) is 19.9. The second kappa shape index (κ2) is 8.86. The number of carboxylic acid groups (broad SMARTS) is 1. The lowest BCUT2D eigenvalue weighted by Gasteiger charge is -2.14. The first-order valence-electron chi connectivity index (χ1n) is 8.80. The van der Waals surface area contributed by atoms with Gasteiger partial charge in [0.2, 0.25) is 0 Å². The molecule has 0 fully saturated rings. The van der Waals surface area contributed by atoms with Crippen molar-refractivity contribution in [1.82, 2.24) is 0 Å². The molecule has 0 aliphatic heterocycles. The summed E-state index contributed by atoms with van der Waals surface area (Å²) in [6.45, 7) is 3.31. The zero-order valence-corrected chi connectivity index (χ0v) is 15.6. The molecule has 0 saturated heterocycles. The molecule has 0 saturated carbocycles. The Hall–Kier alpha value is -3.60. The Morgan fingerprint density at radius 3 is 2.64 bits per heavy atom. The maximum absolute atomic E-state index is 10.9. The van der Waals surface area contributed by atoms with Crippen LogP contribution in [0.15, 0.2) is 72.2 Å². The van der Waals surface area contributed by atoms with E-state index in [1.807, 2.05) is 42.5 Å². The summed E-state index contributed by atoms with van der Waals surface area (Å²) in [7, 11) is 1.52. The number of carboxylic acids is 1. The summed E-state index contributed by atoms with van der Waals surface area (Å²) in [5.41, 5.74) is 2.45. The largest absolute Gasteiger partial charge is 0.493 e. The van der Waals surface area contributed by atoms with Crippen molar-refractivity contribution >= 4 is 28.6 Å². The first kappa shape index (κ1) is 19.2. The predicted molar refractivity (Wildman–Crippen MR) is 111 cm³/mol. The van der Waals surface area contributed by atoms with Gasteiger partial charge in [-0.2, -0.15) is 0 Å². The number of methoxy groups -OCH3 is 1. The molecule has 3 aromatic rings. The minimum atomic E-state index is -1.05. The SMILES string of the molecule is C=CCc1cc(C=Nc2ccc3ccccc3c2)cc(OC)c1OCC(=O)O. The lowest BCUT2D eigenvalue weighted by Crippen LogP contribution is -2.11. The monoisotopic (exact) mass is 375 g/mol. The summed E-state index contributed by atoms with van der Waals surface area (Å²) < 4.78 is 10.8. The molecule has 3 rings (SSSR count). The van der Waals surface area contributed by atoms with Crippen molar-refractivity contribution in [3.05, 3.63) is 78.4 Å². The number of aliphatic imine (C=N–C) groups is 1. The smallest absolute Gasteiger partial charge is 0.341 e. The van der Waals surface area contributed by atoms with Gasteiger partial charge in [-0.15, -0.1) is 6.58 Å². The van der Waals surface area contributed by atoms with Crippen LogP contribution in [0, 0.1) is 0 Å². The summed E-state index contributed by atoms with van der Waals surface area (Å²) >= 11 is 0. The van der Waals surface area contributed by atoms with Crippen LogP contribution < -0.4 is 9.47 Å². The molecule has 0 aromatic heterocycles. The second-order valence-corrected chi connectivity index (χ2v) is 6.18. The fourth-order valence-electron chi connectivity index (χ4n) is 2.92. The topological polar surface area (TPSA) is 68.1 Å². The van der Waals surface area contributed by atoms with E-state index in [-0.39, 0.29) is 0 Å². The van der Waals surface area contributed by atoms with Gasteiger partial charge in [-0.1, -0.05) is 36.4 Å². The van der Waals surface area contributed by atoms with Crippen molar-refractivity contribution in [2.75, 3.05) is 13.7 Å². The molecule has 0 unspecified atom stereocenters. The Labute approximate surface area is 163 Å². The van der Waals surface area contributed by atoms with Crippen LogP contribution >= 0.6 is 0 Å². The van der Waals surface area contributed by atoms with Crippen molar-refractivity contribution in [1.29, 1.82) is 0 Å². The Bertz CT molecular complexity index is 1040. The summed E-state index contributed by atoms with van der Waals surface area (Å²) in [6.07, 6.45) is 4.00. The summed E-state index contributed by atoms with van der Waals surface area (Å²) in [4.78, 5) is 15.4. The molecule has 3 aromatic carbocycles. The van der Waals surface area contributed by atoms with E-state index in [2.05, 4.69) is 17.6 Å². The predicted octanol–water partition coefficient (Wildman–Crippen LogP) is 4.79. The van der Waals surface area contributed by atoms with Crippen LogP contribution in [0.3, 0.4) is 0 Å². The molecule has 5 heteroatoms. The van der Waals surface area contributed by atoms with E-state index in [9.17, 15) is 4.79 Å². The Balaban J connectivity index is 1.93. The molecule has 0 aliphatic carbocycles. The number of hydrogen-bond donors (Lipinski definition) is 1. The molecular formula is C23H21NO4. The van der Waals surface area contributed by atoms with Crippen LogP contribution in [-0.4, -0.2) is 31.0 Å². The van der Waals surface area contributed by atoms with Crippen LogP contribution in [-0.2, 0) is 11.2 Å². The van der Waals surface area contributed by atoms with Gasteiger partial charge in [0, 0.05) is 11.8 Å². The molecule has 0 radical (unpaired) electrons. The molecule has 0 bridgehead atoms. The number of rotatable bonds is 8. The highest BCUT2D eigenvalue weighted by molar-refractivity contribution is 5.88. The molecule has 0 spiro atoms. The minimum absolute atomic E-state index is 0.410. The van der Waals surface area contributed by atoms with Gasteiger partial charge in [0.1, 0.15) is 0 Å². The fraction of sp³-hybridized carbons (Fsp3) is 0.130. The molecule has 0 aliphatic rings. The molecule has 0 amide bonds. The third-order valence-electron chi connectivity index (χ3n) is 4.17. The lowest BCUT2D eigenvalue weighted by molar-refractivity contribution is -0.139. The Morgan fingerprint density at radius 1 is 1.14 bits per heavy atom. The van der Waals surface area contributed by atoms with E-state index in [0.29, 0.717) is 17.9 Å². The zero-order valence-electron chi connectivity index (χ0n) is 15.6. The maximum atomic E-state index is 10.9. The van der Waals surface area contributed by atoms with E-state index in [0.717, 1.165) is 27.6 Å². The molecule has 5 nitrogen and oxygen atoms in total. The van der Waals surface area contributed by atoms with Crippen molar-refractivity contribution in [3.8, 4) is 11.5 Å². The van der Waals surface area contributed by atoms with Crippen LogP contribution in [0.1, 0.15) is 11.1 Å². The molecule has 1 N–H and O–H groups in total. The molecule has 0 heterocycles. The maximum Gasteiger partial charge on any atom is 0.341 e. The number of aliphatic carboxylic acids is 1.